The van der Waals surface area contributed by atoms with E-state index in [2.05, 4.69) is 15.6 Å². The lowest BCUT2D eigenvalue weighted by atomic mass is 9.85. The molecule has 0 aliphatic heterocycles. The van der Waals surface area contributed by atoms with Crippen molar-refractivity contribution in [1.29, 1.82) is 0 Å². The van der Waals surface area contributed by atoms with Gasteiger partial charge in [-0.3, -0.25) is 9.36 Å². The zero-order chi connectivity index (χ0) is 25.4. The molecule has 2 atom stereocenters. The molecule has 12 heteroatoms. The summed E-state index contributed by atoms with van der Waals surface area (Å²) in [4.78, 5) is 25.8. The summed E-state index contributed by atoms with van der Waals surface area (Å²) in [5, 5.41) is 17.9. The number of fused-ring (bicyclic) bond motifs is 1. The minimum atomic E-state index is -0.310. The standard InChI is InChI=1S/C24H28Cl3N7O2/c25-13-8-17(26)20(18(27)9-13)32-24-31-19-11-29-23(30-14-2-1-3-16(35)10-14)33-22(19)34(24)15-6-4-12(5-7-15)21(28)36/h8-9,11-12,14-16,35H,1-7,10H2,(H2,28,36)(H,31,32)(H,29,30,33)/t12?,14-,15?,16-/m1/s1. The summed E-state index contributed by atoms with van der Waals surface area (Å²) in [6.45, 7) is 0. The second-order valence-electron chi connectivity index (χ2n) is 9.65. The molecule has 5 N–H and O–H groups in total. The SMILES string of the molecule is NC(=O)C1CCC(n2c(Nc3c(Cl)cc(Cl)cc3Cl)nc3cnc(N[C@@H]4CCC[C@@H](O)C4)nc32)CC1. The van der Waals surface area contributed by atoms with Crippen LogP contribution in [0.25, 0.3) is 11.2 Å². The van der Waals surface area contributed by atoms with Gasteiger partial charge < -0.3 is 21.5 Å². The Bertz CT molecular complexity index is 1250. The number of aliphatic hydroxyl groups is 1. The van der Waals surface area contributed by atoms with E-state index in [0.29, 0.717) is 63.1 Å². The van der Waals surface area contributed by atoms with Gasteiger partial charge in [0.1, 0.15) is 5.52 Å². The molecule has 192 valence electrons. The predicted molar refractivity (Wildman–Crippen MR) is 142 cm³/mol. The molecule has 2 aliphatic carbocycles. The summed E-state index contributed by atoms with van der Waals surface area (Å²) < 4.78 is 2.04. The first-order chi connectivity index (χ1) is 17.3. The molecule has 0 saturated heterocycles. The number of hydrogen-bond acceptors (Lipinski definition) is 7. The van der Waals surface area contributed by atoms with Gasteiger partial charge in [0, 0.05) is 23.0 Å². The van der Waals surface area contributed by atoms with E-state index in [1.807, 2.05) is 4.57 Å². The Morgan fingerprint density at radius 1 is 1.06 bits per heavy atom. The molecule has 0 bridgehead atoms. The average Bonchev–Trinajstić information content (AvgIpc) is 3.18. The number of imidazole rings is 1. The molecule has 0 spiro atoms. The molecule has 3 aromatic rings. The Morgan fingerprint density at radius 3 is 2.44 bits per heavy atom. The number of halogens is 3. The third kappa shape index (κ3) is 5.34. The van der Waals surface area contributed by atoms with Gasteiger partial charge in [-0.1, -0.05) is 34.8 Å². The van der Waals surface area contributed by atoms with E-state index in [9.17, 15) is 9.90 Å². The lowest BCUT2D eigenvalue weighted by Crippen LogP contribution is -2.30. The van der Waals surface area contributed by atoms with Crippen LogP contribution in [0.15, 0.2) is 18.3 Å². The number of primary amides is 1. The number of rotatable bonds is 6. The first kappa shape index (κ1) is 25.3. The highest BCUT2D eigenvalue weighted by Crippen LogP contribution is 2.40. The summed E-state index contributed by atoms with van der Waals surface area (Å²) in [6.07, 6.45) is 7.65. The van der Waals surface area contributed by atoms with Gasteiger partial charge in [0.15, 0.2) is 5.65 Å². The number of nitrogens with two attached hydrogens (primary N) is 1. The summed E-state index contributed by atoms with van der Waals surface area (Å²) in [5.74, 6) is 0.628. The monoisotopic (exact) mass is 551 g/mol. The number of carbonyl (C=O) groups excluding carboxylic acids is 1. The van der Waals surface area contributed by atoms with Crippen LogP contribution in [0.4, 0.5) is 17.6 Å². The Kier molecular flexibility index (Phi) is 7.44. The van der Waals surface area contributed by atoms with Crippen LogP contribution in [0.3, 0.4) is 0 Å². The number of anilines is 3. The van der Waals surface area contributed by atoms with Gasteiger partial charge >= 0.3 is 0 Å². The third-order valence-corrected chi connectivity index (χ3v) is 7.93. The molecular formula is C24H28Cl3N7O2. The molecule has 9 nitrogen and oxygen atoms in total. The fraction of sp³-hybridized carbons (Fsp3) is 0.500. The highest BCUT2D eigenvalue weighted by molar-refractivity contribution is 6.41. The quantitative estimate of drug-likeness (QED) is 0.319. The number of nitrogens with zero attached hydrogens (tertiary/aromatic N) is 4. The van der Waals surface area contributed by atoms with Crippen molar-refractivity contribution >= 4 is 69.5 Å². The Morgan fingerprint density at radius 2 is 1.78 bits per heavy atom. The number of aromatic nitrogens is 4. The van der Waals surface area contributed by atoms with Crippen molar-refractivity contribution in [3.05, 3.63) is 33.4 Å². The van der Waals surface area contributed by atoms with Gasteiger partial charge in [-0.2, -0.15) is 4.98 Å². The molecule has 5 rings (SSSR count). The summed E-state index contributed by atoms with van der Waals surface area (Å²) in [7, 11) is 0. The molecule has 2 saturated carbocycles. The topological polar surface area (TPSA) is 131 Å². The van der Waals surface area contributed by atoms with E-state index in [0.717, 1.165) is 32.1 Å². The van der Waals surface area contributed by atoms with Gasteiger partial charge in [-0.25, -0.2) is 9.97 Å². The smallest absolute Gasteiger partial charge is 0.224 e. The lowest BCUT2D eigenvalue weighted by Gasteiger charge is -2.29. The van der Waals surface area contributed by atoms with Crippen LogP contribution in [0.1, 0.15) is 57.4 Å². The maximum atomic E-state index is 11.7. The molecule has 0 radical (unpaired) electrons. The van der Waals surface area contributed by atoms with Crippen molar-refractivity contribution in [2.24, 2.45) is 11.7 Å². The maximum absolute atomic E-state index is 11.7. The molecule has 1 amide bonds. The van der Waals surface area contributed by atoms with E-state index in [1.165, 1.54) is 0 Å². The minimum absolute atomic E-state index is 0.0391. The summed E-state index contributed by atoms with van der Waals surface area (Å²) in [5.41, 5.74) is 7.33. The largest absolute Gasteiger partial charge is 0.393 e. The van der Waals surface area contributed by atoms with Crippen molar-refractivity contribution in [2.45, 2.75) is 69.6 Å². The van der Waals surface area contributed by atoms with Crippen LogP contribution in [0.5, 0.6) is 0 Å². The van der Waals surface area contributed by atoms with Crippen molar-refractivity contribution < 1.29 is 9.90 Å². The van der Waals surface area contributed by atoms with Gasteiger partial charge in [0.05, 0.1) is 28.0 Å². The molecule has 0 unspecified atom stereocenters. The van der Waals surface area contributed by atoms with Gasteiger partial charge in [0.25, 0.3) is 0 Å². The first-order valence-electron chi connectivity index (χ1n) is 12.2. The number of hydrogen-bond donors (Lipinski definition) is 4. The van der Waals surface area contributed by atoms with Gasteiger partial charge in [0.2, 0.25) is 17.8 Å². The molecular weight excluding hydrogens is 525 g/mol. The van der Waals surface area contributed by atoms with Crippen molar-refractivity contribution in [3.63, 3.8) is 0 Å². The second kappa shape index (κ2) is 10.6. The number of aliphatic hydroxyl groups excluding tert-OH is 1. The minimum Gasteiger partial charge on any atom is -0.393 e. The first-order valence-corrected chi connectivity index (χ1v) is 13.3. The molecule has 1 aromatic carbocycles. The summed E-state index contributed by atoms with van der Waals surface area (Å²) in [6, 6.07) is 3.38. The number of nitrogens with one attached hydrogen (secondary N) is 2. The summed E-state index contributed by atoms with van der Waals surface area (Å²) >= 11 is 19.0. The zero-order valence-corrected chi connectivity index (χ0v) is 21.8. The van der Waals surface area contributed by atoms with Crippen LogP contribution in [0.2, 0.25) is 15.1 Å². The van der Waals surface area contributed by atoms with Crippen molar-refractivity contribution in [1.82, 2.24) is 19.5 Å². The van der Waals surface area contributed by atoms with Crippen LogP contribution in [-0.4, -0.2) is 42.7 Å². The van der Waals surface area contributed by atoms with Crippen LogP contribution < -0.4 is 16.4 Å². The Hall–Kier alpha value is -2.33. The normalized spacial score (nSPS) is 24.6. The lowest BCUT2D eigenvalue weighted by molar-refractivity contribution is -0.122. The van der Waals surface area contributed by atoms with Gasteiger partial charge in [-0.15, -0.1) is 0 Å². The molecule has 2 heterocycles. The van der Waals surface area contributed by atoms with E-state index in [4.69, 9.17) is 50.5 Å². The average molecular weight is 553 g/mol. The Labute approximate surface area is 223 Å². The molecule has 36 heavy (non-hydrogen) atoms. The third-order valence-electron chi connectivity index (χ3n) is 7.12. The number of benzene rings is 1. The number of amides is 1. The Balaban J connectivity index is 1.51. The number of carbonyl (C=O) groups is 1. The highest BCUT2D eigenvalue weighted by Gasteiger charge is 2.30. The van der Waals surface area contributed by atoms with E-state index < -0.39 is 0 Å². The molecule has 2 aromatic heterocycles. The zero-order valence-electron chi connectivity index (χ0n) is 19.6. The van der Waals surface area contributed by atoms with Crippen LogP contribution in [-0.2, 0) is 4.79 Å². The van der Waals surface area contributed by atoms with Crippen LogP contribution in [0, 0.1) is 5.92 Å². The van der Waals surface area contributed by atoms with Crippen LogP contribution >= 0.6 is 34.8 Å². The predicted octanol–water partition coefficient (Wildman–Crippen LogP) is 5.46. The van der Waals surface area contributed by atoms with Gasteiger partial charge in [-0.05, 0) is 63.5 Å². The van der Waals surface area contributed by atoms with Crippen molar-refractivity contribution in [3.8, 4) is 0 Å². The second-order valence-corrected chi connectivity index (χ2v) is 10.9. The van der Waals surface area contributed by atoms with E-state index >= 15 is 0 Å². The van der Waals surface area contributed by atoms with E-state index in [-0.39, 0.29) is 30.0 Å². The highest BCUT2D eigenvalue weighted by atomic mass is 35.5. The molecule has 2 fully saturated rings. The van der Waals surface area contributed by atoms with E-state index in [1.54, 1.807) is 18.3 Å². The fourth-order valence-corrected chi connectivity index (χ4v) is 6.18. The maximum Gasteiger partial charge on any atom is 0.224 e. The van der Waals surface area contributed by atoms with Crippen molar-refractivity contribution in [2.75, 3.05) is 10.6 Å². The fourth-order valence-electron chi connectivity index (χ4n) is 5.26. The molecule has 2 aliphatic rings.